The van der Waals surface area contributed by atoms with Gasteiger partial charge in [0.1, 0.15) is 0 Å². The molecule has 0 N–H and O–H groups in total. The lowest BCUT2D eigenvalue weighted by Crippen LogP contribution is -1.85. The Morgan fingerprint density at radius 2 is 0.513 bits per heavy atom. The van der Waals surface area contributed by atoms with Crippen molar-refractivity contribution >= 4 is 102 Å². The number of unbranched alkanes of at least 4 members (excludes halogenated alkanes) is 15. The molecule has 0 spiro atoms. The summed E-state index contributed by atoms with van der Waals surface area (Å²) in [6.07, 6.45) is 33.1. The van der Waals surface area contributed by atoms with Gasteiger partial charge in [-0.1, -0.05) is 138 Å². The molecule has 0 aliphatic rings. The first kappa shape index (κ1) is 59.9. The Bertz CT molecular complexity index is 3200. The summed E-state index contributed by atoms with van der Waals surface area (Å²) in [4.78, 5) is 26.2. The molecule has 0 aliphatic carbocycles. The van der Waals surface area contributed by atoms with Crippen molar-refractivity contribution < 1.29 is 0 Å². The van der Waals surface area contributed by atoms with Gasteiger partial charge in [-0.25, -0.2) is 0 Å². The minimum Gasteiger partial charge on any atom is -0.139 e. The van der Waals surface area contributed by atoms with Crippen LogP contribution in [0.2, 0.25) is 0 Å². The third-order valence-corrected chi connectivity index (χ3v) is 27.2. The van der Waals surface area contributed by atoms with E-state index in [2.05, 4.69) is 150 Å². The largest absolute Gasteiger partial charge is 0.139 e. The zero-order valence-electron chi connectivity index (χ0n) is 48.1. The zero-order chi connectivity index (χ0) is 54.2. The van der Waals surface area contributed by atoms with E-state index in [0.29, 0.717) is 0 Å². The Morgan fingerprint density at radius 1 is 0.244 bits per heavy atom. The molecule has 0 saturated carbocycles. The highest BCUT2D eigenvalue weighted by Gasteiger charge is 2.23. The first-order chi connectivity index (χ1) is 38.3. The Labute approximate surface area is 507 Å². The van der Waals surface area contributed by atoms with Crippen molar-refractivity contribution in [3.63, 3.8) is 0 Å². The average Bonchev–Trinajstić information content (AvgIpc) is 4.37. The highest BCUT2D eigenvalue weighted by molar-refractivity contribution is 7.32. The second-order valence-corrected chi connectivity index (χ2v) is 31.6. The molecule has 9 rings (SSSR count). The van der Waals surface area contributed by atoms with E-state index in [-0.39, 0.29) is 0 Å². The first-order valence-corrected chi connectivity index (χ1v) is 37.7. The molecule has 9 aromatic rings. The third-order valence-electron chi connectivity index (χ3n) is 15.4. The molecule has 9 aromatic heterocycles. The molecule has 416 valence electrons. The van der Waals surface area contributed by atoms with Crippen LogP contribution < -0.4 is 0 Å². The summed E-state index contributed by atoms with van der Waals surface area (Å²) < 4.78 is 0. The maximum absolute atomic E-state index is 2.60. The molecule has 0 radical (unpaired) electrons. The minimum absolute atomic E-state index is 1.12. The first-order valence-electron chi connectivity index (χ1n) is 30.3. The average molecular weight is 1200 g/mol. The molecule has 78 heavy (non-hydrogen) atoms. The standard InChI is InChI=1S/C69H86S9/c1-8-14-19-24-29-48-43-62(70-47(48)7)63-44-50(31-26-21-16-10-3)67(76-63)59-39-36-56(74-59)57-37-41-61(75-57)69-52(33-28-23-18-12-5)46-65(78-69)64-45-51(32-27-22-17-11-4)68(77-64)60-40-35-55(73-60)54-34-38-58(72-54)66-49(30-25-20-15-9-2)42-53(13-6)71-66/h34-46H,8-33H2,1-7H3. The molecular formula is C69H86S9. The molecular weight excluding hydrogens is 1120 g/mol. The van der Waals surface area contributed by atoms with Gasteiger partial charge < -0.3 is 0 Å². The second kappa shape index (κ2) is 30.6. The van der Waals surface area contributed by atoms with E-state index in [4.69, 9.17) is 0 Å². The maximum atomic E-state index is 2.60. The van der Waals surface area contributed by atoms with Gasteiger partial charge in [-0.15, -0.1) is 102 Å². The molecule has 0 unspecified atom stereocenters. The van der Waals surface area contributed by atoms with Crippen LogP contribution in [-0.4, -0.2) is 0 Å². The van der Waals surface area contributed by atoms with E-state index in [0.717, 1.165) is 19.3 Å². The SMILES string of the molecule is CCCCCCc1cc(-c2cc(CCCCCC)c(-c3ccc(-c4ccc(-c5sc(-c6cc(CCCCCC)c(-c7ccc(-c8ccc(-c9sc(CC)cc9CCCCCC)s8)s7)s6)cc5CCCCCC)s4)s3)s2)sc1C. The summed E-state index contributed by atoms with van der Waals surface area (Å²) in [7, 11) is 0. The second-order valence-electron chi connectivity index (χ2n) is 21.7. The Balaban J connectivity index is 0.982. The van der Waals surface area contributed by atoms with Crippen LogP contribution in [0, 0.1) is 6.92 Å². The van der Waals surface area contributed by atoms with E-state index in [9.17, 15) is 0 Å². The smallest absolute Gasteiger partial charge is 0.0481 e. The summed E-state index contributed by atoms with van der Waals surface area (Å²) in [6, 6.07) is 32.2. The number of thiophene rings is 9. The molecule has 0 saturated heterocycles. The molecule has 9 heterocycles. The monoisotopic (exact) mass is 1200 g/mol. The molecule has 0 aromatic carbocycles. The van der Waals surface area contributed by atoms with Crippen molar-refractivity contribution in [1.29, 1.82) is 0 Å². The van der Waals surface area contributed by atoms with E-state index in [1.807, 2.05) is 79.4 Å². The summed E-state index contributed by atoms with van der Waals surface area (Å²) in [6.45, 7) is 16.3. The summed E-state index contributed by atoms with van der Waals surface area (Å²) >= 11 is 18.3. The van der Waals surface area contributed by atoms with Gasteiger partial charge in [-0.2, -0.15) is 0 Å². The molecule has 0 aliphatic heterocycles. The third kappa shape index (κ3) is 15.5. The Kier molecular flexibility index (Phi) is 23.5. The van der Waals surface area contributed by atoms with Gasteiger partial charge >= 0.3 is 0 Å². The summed E-state index contributed by atoms with van der Waals surface area (Å²) in [5.41, 5.74) is 7.79. The van der Waals surface area contributed by atoms with E-state index in [1.54, 1.807) is 27.8 Å². The lowest BCUT2D eigenvalue weighted by atomic mass is 10.0. The Hall–Kier alpha value is -2.70. The summed E-state index contributed by atoms with van der Waals surface area (Å²) in [5.74, 6) is 0. The molecule has 9 heteroatoms. The van der Waals surface area contributed by atoms with Crippen molar-refractivity contribution in [2.75, 3.05) is 0 Å². The number of rotatable bonds is 34. The van der Waals surface area contributed by atoms with Crippen LogP contribution in [0.1, 0.15) is 208 Å². The van der Waals surface area contributed by atoms with Gasteiger partial charge in [0.05, 0.1) is 0 Å². The van der Waals surface area contributed by atoms with Crippen LogP contribution in [-0.2, 0) is 38.5 Å². The lowest BCUT2D eigenvalue weighted by Gasteiger charge is -2.02. The van der Waals surface area contributed by atoms with Gasteiger partial charge in [0.25, 0.3) is 0 Å². The van der Waals surface area contributed by atoms with Gasteiger partial charge in [0.2, 0.25) is 0 Å². The van der Waals surface area contributed by atoms with Crippen LogP contribution >= 0.6 is 102 Å². The fraction of sp³-hybridized carbons (Fsp3) is 0.478. The number of hydrogen-bond acceptors (Lipinski definition) is 9. The predicted molar refractivity (Wildman–Crippen MR) is 364 cm³/mol. The van der Waals surface area contributed by atoms with Gasteiger partial charge in [-0.05, 0) is 184 Å². The van der Waals surface area contributed by atoms with E-state index >= 15 is 0 Å². The topological polar surface area (TPSA) is 0 Å². The predicted octanol–water partition coefficient (Wildman–Crippen LogP) is 27.1. The number of aryl methyl sites for hydroxylation is 7. The highest BCUT2D eigenvalue weighted by atomic mass is 32.1. The van der Waals surface area contributed by atoms with E-state index in [1.165, 1.54) is 235 Å². The lowest BCUT2D eigenvalue weighted by molar-refractivity contribution is 0.666. The fourth-order valence-corrected chi connectivity index (χ4v) is 21.6. The molecule has 0 atom stereocenters. The maximum Gasteiger partial charge on any atom is 0.0481 e. The van der Waals surface area contributed by atoms with Crippen molar-refractivity contribution in [3.8, 4) is 78.0 Å². The molecule has 0 bridgehead atoms. The normalized spacial score (nSPS) is 11.8. The molecule has 0 fully saturated rings. The van der Waals surface area contributed by atoms with Crippen LogP contribution in [0.5, 0.6) is 0 Å². The van der Waals surface area contributed by atoms with Crippen molar-refractivity contribution in [1.82, 2.24) is 0 Å². The minimum atomic E-state index is 1.12. The zero-order valence-corrected chi connectivity index (χ0v) is 55.4. The fourth-order valence-electron chi connectivity index (χ4n) is 10.9. The van der Waals surface area contributed by atoms with Crippen LogP contribution in [0.3, 0.4) is 0 Å². The van der Waals surface area contributed by atoms with Crippen LogP contribution in [0.4, 0.5) is 0 Å². The van der Waals surface area contributed by atoms with E-state index < -0.39 is 0 Å². The quantitative estimate of drug-likeness (QED) is 0.0353. The van der Waals surface area contributed by atoms with Gasteiger partial charge in [0, 0.05) is 87.8 Å². The van der Waals surface area contributed by atoms with Crippen LogP contribution in [0.25, 0.3) is 78.0 Å². The Morgan fingerprint density at radius 3 is 0.833 bits per heavy atom. The van der Waals surface area contributed by atoms with Crippen molar-refractivity contribution in [2.24, 2.45) is 0 Å². The summed E-state index contributed by atoms with van der Waals surface area (Å²) in [5, 5.41) is 0. The van der Waals surface area contributed by atoms with Crippen molar-refractivity contribution in [3.05, 3.63) is 116 Å². The molecule has 0 amide bonds. The van der Waals surface area contributed by atoms with Gasteiger partial charge in [-0.3, -0.25) is 0 Å². The molecule has 0 nitrogen and oxygen atoms in total. The van der Waals surface area contributed by atoms with Crippen molar-refractivity contribution in [2.45, 2.75) is 215 Å². The van der Waals surface area contributed by atoms with Crippen LogP contribution in [0.15, 0.2) is 78.9 Å². The van der Waals surface area contributed by atoms with Gasteiger partial charge in [0.15, 0.2) is 0 Å². The highest BCUT2D eigenvalue weighted by Crippen LogP contribution is 2.52. The number of hydrogen-bond donors (Lipinski definition) is 0.